The summed E-state index contributed by atoms with van der Waals surface area (Å²) < 4.78 is 5.06. The van der Waals surface area contributed by atoms with Crippen molar-refractivity contribution in [2.75, 3.05) is 5.32 Å². The van der Waals surface area contributed by atoms with E-state index >= 15 is 0 Å². The number of anilines is 1. The molecular weight excluding hydrogens is 346 g/mol. The molecule has 7 nitrogen and oxygen atoms in total. The number of benzene rings is 1. The van der Waals surface area contributed by atoms with Crippen LogP contribution in [0.4, 0.5) is 5.69 Å². The maximum Gasteiger partial charge on any atom is 0.355 e. The average Bonchev–Trinajstić information content (AvgIpc) is 3.05. The van der Waals surface area contributed by atoms with E-state index in [1.54, 1.807) is 0 Å². The minimum Gasteiger partial charge on any atom is -0.448 e. The summed E-state index contributed by atoms with van der Waals surface area (Å²) in [7, 11) is 0. The van der Waals surface area contributed by atoms with Crippen LogP contribution in [0.3, 0.4) is 0 Å². The largest absolute Gasteiger partial charge is 0.448 e. The van der Waals surface area contributed by atoms with Gasteiger partial charge in [0.2, 0.25) is 0 Å². The highest BCUT2D eigenvalue weighted by Gasteiger charge is 2.20. The number of amides is 1. The Morgan fingerprint density at radius 2 is 2.04 bits per heavy atom. The van der Waals surface area contributed by atoms with Crippen molar-refractivity contribution in [1.29, 1.82) is 5.26 Å². The predicted octanol–water partition coefficient (Wildman–Crippen LogP) is 2.93. The van der Waals surface area contributed by atoms with Gasteiger partial charge < -0.3 is 15.0 Å². The third-order valence-corrected chi connectivity index (χ3v) is 3.63. The molecule has 0 aliphatic heterocycles. The van der Waals surface area contributed by atoms with Crippen molar-refractivity contribution in [3.8, 4) is 6.07 Å². The van der Waals surface area contributed by atoms with Crippen molar-refractivity contribution in [3.63, 3.8) is 0 Å². The first-order valence-corrected chi connectivity index (χ1v) is 7.60. The highest BCUT2D eigenvalue weighted by atomic mass is 35.5. The lowest BCUT2D eigenvalue weighted by atomic mass is 10.2. The second-order valence-electron chi connectivity index (χ2n) is 5.20. The lowest BCUT2D eigenvalue weighted by Crippen LogP contribution is -2.30. The van der Waals surface area contributed by atoms with Crippen LogP contribution >= 0.6 is 11.6 Å². The Kier molecular flexibility index (Phi) is 5.57. The summed E-state index contributed by atoms with van der Waals surface area (Å²) in [6, 6.07) is 7.68. The van der Waals surface area contributed by atoms with Crippen LogP contribution in [0.1, 0.15) is 40.3 Å². The molecular formula is C17H14ClN3O4. The number of rotatable bonds is 5. The molecule has 0 saturated heterocycles. The number of hydrogen-bond acceptors (Lipinski definition) is 5. The molecule has 1 heterocycles. The number of aromatic amines is 1. The maximum atomic E-state index is 12.1. The molecule has 0 spiro atoms. The van der Waals surface area contributed by atoms with Gasteiger partial charge >= 0.3 is 5.97 Å². The zero-order valence-corrected chi connectivity index (χ0v) is 14.2. The van der Waals surface area contributed by atoms with Crippen LogP contribution in [0.15, 0.2) is 30.5 Å². The summed E-state index contributed by atoms with van der Waals surface area (Å²) in [6.45, 7) is 2.78. The van der Waals surface area contributed by atoms with Crippen LogP contribution in [0.5, 0.6) is 0 Å². The van der Waals surface area contributed by atoms with E-state index in [0.29, 0.717) is 11.3 Å². The van der Waals surface area contributed by atoms with E-state index in [9.17, 15) is 14.4 Å². The first kappa shape index (κ1) is 18.2. The standard InChI is InChI=1S/C17H14ClN3O4/c1-9(22)12-5-15(20-8-12)17(24)25-10(2)16(23)21-13-4-3-11(7-19)14(18)6-13/h3-6,8,10,20H,1-2H3,(H,21,23)/t10-/m0/s1. The van der Waals surface area contributed by atoms with Gasteiger partial charge in [0.05, 0.1) is 10.6 Å². The van der Waals surface area contributed by atoms with Gasteiger partial charge in [-0.2, -0.15) is 5.26 Å². The predicted molar refractivity (Wildman–Crippen MR) is 90.5 cm³/mol. The highest BCUT2D eigenvalue weighted by Crippen LogP contribution is 2.20. The minimum absolute atomic E-state index is 0.0752. The zero-order chi connectivity index (χ0) is 18.6. The fraction of sp³-hybridized carbons (Fsp3) is 0.176. The summed E-state index contributed by atoms with van der Waals surface area (Å²) in [5.41, 5.74) is 1.07. The zero-order valence-electron chi connectivity index (χ0n) is 13.4. The molecule has 8 heteroatoms. The summed E-state index contributed by atoms with van der Waals surface area (Å²) in [6.07, 6.45) is 0.314. The first-order chi connectivity index (χ1) is 11.8. The molecule has 1 amide bonds. The van der Waals surface area contributed by atoms with Crippen LogP contribution in [0.2, 0.25) is 5.02 Å². The van der Waals surface area contributed by atoms with E-state index in [1.807, 2.05) is 6.07 Å². The van der Waals surface area contributed by atoms with E-state index in [1.165, 1.54) is 44.3 Å². The van der Waals surface area contributed by atoms with Gasteiger partial charge in [0.1, 0.15) is 11.8 Å². The highest BCUT2D eigenvalue weighted by molar-refractivity contribution is 6.32. The molecule has 2 N–H and O–H groups in total. The van der Waals surface area contributed by atoms with Gasteiger partial charge in [-0.25, -0.2) is 4.79 Å². The number of ketones is 1. The Hall–Kier alpha value is -3.11. The average molecular weight is 360 g/mol. The van der Waals surface area contributed by atoms with Crippen LogP contribution in [0.25, 0.3) is 0 Å². The molecule has 128 valence electrons. The summed E-state index contributed by atoms with van der Waals surface area (Å²) in [5.74, 6) is -1.51. The molecule has 2 aromatic rings. The van der Waals surface area contributed by atoms with Crippen LogP contribution in [0, 0.1) is 11.3 Å². The monoisotopic (exact) mass is 359 g/mol. The maximum absolute atomic E-state index is 12.1. The van der Waals surface area contributed by atoms with E-state index in [-0.39, 0.29) is 22.1 Å². The second kappa shape index (κ2) is 7.64. The topological polar surface area (TPSA) is 112 Å². The lowest BCUT2D eigenvalue weighted by molar-refractivity contribution is -0.123. The SMILES string of the molecule is CC(=O)c1c[nH]c(C(=O)O[C@@H](C)C(=O)Nc2ccc(C#N)c(Cl)c2)c1. The molecule has 0 bridgehead atoms. The number of aromatic nitrogens is 1. The first-order valence-electron chi connectivity index (χ1n) is 7.22. The van der Waals surface area contributed by atoms with Gasteiger partial charge in [-0.05, 0) is 38.1 Å². The normalized spacial score (nSPS) is 11.3. The fourth-order valence-corrected chi connectivity index (χ4v) is 2.14. The molecule has 1 aromatic carbocycles. The number of esters is 1. The van der Waals surface area contributed by atoms with Crippen molar-refractivity contribution < 1.29 is 19.1 Å². The van der Waals surface area contributed by atoms with Gasteiger partial charge in [-0.1, -0.05) is 11.6 Å². The van der Waals surface area contributed by atoms with Gasteiger partial charge in [-0.3, -0.25) is 9.59 Å². The molecule has 1 aromatic heterocycles. The minimum atomic E-state index is -1.08. The number of nitriles is 1. The number of carbonyl (C=O) groups excluding carboxylic acids is 3. The molecule has 2 rings (SSSR count). The number of nitrogens with zero attached hydrogens (tertiary/aromatic N) is 1. The molecule has 0 radical (unpaired) electrons. The van der Waals surface area contributed by atoms with Crippen LogP contribution < -0.4 is 5.32 Å². The van der Waals surface area contributed by atoms with Crippen molar-refractivity contribution in [2.24, 2.45) is 0 Å². The Balaban J connectivity index is 1.99. The second-order valence-corrected chi connectivity index (χ2v) is 5.61. The summed E-state index contributed by atoms with van der Waals surface area (Å²) in [4.78, 5) is 37.9. The van der Waals surface area contributed by atoms with Gasteiger partial charge in [0, 0.05) is 17.4 Å². The number of ether oxygens (including phenoxy) is 1. The Labute approximate surface area is 148 Å². The van der Waals surface area contributed by atoms with Gasteiger partial charge in [-0.15, -0.1) is 0 Å². The third-order valence-electron chi connectivity index (χ3n) is 3.32. The van der Waals surface area contributed by atoms with E-state index in [0.717, 1.165) is 0 Å². The number of hydrogen-bond donors (Lipinski definition) is 2. The Morgan fingerprint density at radius 1 is 1.32 bits per heavy atom. The number of Topliss-reactive ketones (excluding diaryl/α,β-unsaturated/α-hetero) is 1. The molecule has 0 aliphatic rings. The number of carbonyl (C=O) groups is 3. The van der Waals surface area contributed by atoms with Gasteiger partial charge in [0.25, 0.3) is 5.91 Å². The quantitative estimate of drug-likeness (QED) is 0.629. The molecule has 25 heavy (non-hydrogen) atoms. The van der Waals surface area contributed by atoms with Crippen molar-refractivity contribution in [1.82, 2.24) is 4.98 Å². The number of halogens is 1. The summed E-state index contributed by atoms with van der Waals surface area (Å²) >= 11 is 5.89. The fourth-order valence-electron chi connectivity index (χ4n) is 1.92. The lowest BCUT2D eigenvalue weighted by Gasteiger charge is -2.13. The number of nitrogens with one attached hydrogen (secondary N) is 2. The Bertz CT molecular complexity index is 882. The Morgan fingerprint density at radius 3 is 2.60 bits per heavy atom. The smallest absolute Gasteiger partial charge is 0.355 e. The number of H-pyrrole nitrogens is 1. The van der Waals surface area contributed by atoms with E-state index in [2.05, 4.69) is 10.3 Å². The van der Waals surface area contributed by atoms with Crippen LogP contribution in [-0.2, 0) is 9.53 Å². The third kappa shape index (κ3) is 4.46. The van der Waals surface area contributed by atoms with Crippen molar-refractivity contribution >= 4 is 34.9 Å². The summed E-state index contributed by atoms with van der Waals surface area (Å²) in [5, 5.41) is 11.6. The molecule has 1 atom stereocenters. The molecule has 0 unspecified atom stereocenters. The van der Waals surface area contributed by atoms with E-state index in [4.69, 9.17) is 21.6 Å². The van der Waals surface area contributed by atoms with Gasteiger partial charge in [0.15, 0.2) is 11.9 Å². The van der Waals surface area contributed by atoms with Crippen LogP contribution in [-0.4, -0.2) is 28.7 Å². The van der Waals surface area contributed by atoms with Crippen molar-refractivity contribution in [2.45, 2.75) is 20.0 Å². The molecule has 0 fully saturated rings. The molecule has 0 aliphatic carbocycles. The van der Waals surface area contributed by atoms with Crippen molar-refractivity contribution in [3.05, 3.63) is 52.3 Å². The van der Waals surface area contributed by atoms with E-state index < -0.39 is 18.0 Å². The molecule has 0 saturated carbocycles.